The van der Waals surface area contributed by atoms with Gasteiger partial charge < -0.3 is 15.1 Å². The van der Waals surface area contributed by atoms with Crippen LogP contribution in [0.3, 0.4) is 0 Å². The summed E-state index contributed by atoms with van der Waals surface area (Å²) in [7, 11) is 0. The normalized spacial score (nSPS) is 21.8. The smallest absolute Gasteiger partial charge is 0.325 e. The number of carbonyl (C=O) groups is 4. The first kappa shape index (κ1) is 20.6. The number of carbonyl (C=O) groups excluding carboxylic acids is 4. The molecule has 3 aliphatic rings. The van der Waals surface area contributed by atoms with Gasteiger partial charge in [-0.3, -0.25) is 19.3 Å². The third-order valence-corrected chi connectivity index (χ3v) is 6.17. The molecule has 0 aromatic carbocycles. The van der Waals surface area contributed by atoms with Crippen LogP contribution >= 0.6 is 0 Å². The predicted molar refractivity (Wildman–Crippen MR) is 103 cm³/mol. The average Bonchev–Trinajstić information content (AvgIpc) is 3.23. The second-order valence-corrected chi connectivity index (χ2v) is 8.62. The van der Waals surface area contributed by atoms with E-state index in [0.717, 1.165) is 19.3 Å². The first-order valence-electron chi connectivity index (χ1n) is 10.5. The fraction of sp³-hybridized carbons (Fsp3) is 0.800. The maximum absolute atomic E-state index is 12.6. The molecule has 1 saturated carbocycles. The summed E-state index contributed by atoms with van der Waals surface area (Å²) < 4.78 is 0. The molecule has 1 N–H and O–H groups in total. The van der Waals surface area contributed by atoms with Crippen LogP contribution < -0.4 is 5.32 Å². The molecule has 156 valence electrons. The van der Waals surface area contributed by atoms with Crippen LogP contribution in [0.5, 0.6) is 0 Å². The average molecular weight is 393 g/mol. The zero-order chi connectivity index (χ0) is 20.3. The lowest BCUT2D eigenvalue weighted by Gasteiger charge is -2.35. The molecule has 3 rings (SSSR count). The number of nitrogens with one attached hydrogen (secondary N) is 1. The summed E-state index contributed by atoms with van der Waals surface area (Å²) in [4.78, 5) is 54.3. The van der Waals surface area contributed by atoms with E-state index in [9.17, 15) is 19.2 Å². The molecule has 0 aromatic heterocycles. The quantitative estimate of drug-likeness (QED) is 0.691. The number of hydrogen-bond acceptors (Lipinski definition) is 4. The highest BCUT2D eigenvalue weighted by molar-refractivity contribution is 6.07. The Balaban J connectivity index is 1.43. The van der Waals surface area contributed by atoms with Crippen molar-refractivity contribution >= 4 is 23.8 Å². The molecule has 0 atom stereocenters. The van der Waals surface area contributed by atoms with Gasteiger partial charge in [0.05, 0.1) is 0 Å². The van der Waals surface area contributed by atoms with Gasteiger partial charge in [0.15, 0.2) is 0 Å². The van der Waals surface area contributed by atoms with Gasteiger partial charge in [-0.15, -0.1) is 0 Å². The highest BCUT2D eigenvalue weighted by Gasteiger charge is 2.52. The third-order valence-electron chi connectivity index (χ3n) is 6.17. The molecule has 2 saturated heterocycles. The Morgan fingerprint density at radius 1 is 0.964 bits per heavy atom. The Hall–Kier alpha value is -2.12. The molecule has 0 bridgehead atoms. The lowest BCUT2D eigenvalue weighted by Crippen LogP contribution is -2.51. The first-order valence-corrected chi connectivity index (χ1v) is 10.5. The van der Waals surface area contributed by atoms with Gasteiger partial charge in [0, 0.05) is 45.6 Å². The summed E-state index contributed by atoms with van der Waals surface area (Å²) in [5, 5.41) is 2.84. The summed E-state index contributed by atoms with van der Waals surface area (Å²) in [6.07, 6.45) is 4.84. The van der Waals surface area contributed by atoms with Gasteiger partial charge in [0.1, 0.15) is 5.54 Å². The number of urea groups is 1. The van der Waals surface area contributed by atoms with Gasteiger partial charge in [-0.1, -0.05) is 26.7 Å². The van der Waals surface area contributed by atoms with Crippen molar-refractivity contribution in [3.63, 3.8) is 0 Å². The molecule has 3 fully saturated rings. The largest absolute Gasteiger partial charge is 0.339 e. The van der Waals surface area contributed by atoms with Gasteiger partial charge in [-0.2, -0.15) is 0 Å². The van der Waals surface area contributed by atoms with Gasteiger partial charge in [-0.25, -0.2) is 4.79 Å². The van der Waals surface area contributed by atoms with E-state index in [4.69, 9.17) is 0 Å². The molecule has 0 unspecified atom stereocenters. The van der Waals surface area contributed by atoms with E-state index in [-0.39, 0.29) is 36.7 Å². The second kappa shape index (κ2) is 8.49. The molecular weight excluding hydrogens is 360 g/mol. The van der Waals surface area contributed by atoms with Crippen LogP contribution in [0, 0.1) is 5.92 Å². The Bertz CT molecular complexity index is 634. The third kappa shape index (κ3) is 4.31. The van der Waals surface area contributed by atoms with Crippen molar-refractivity contribution in [1.82, 2.24) is 20.0 Å². The SMILES string of the molecule is CC(C)CCC(=O)N1CCN(C(=O)CCN2C(=O)NC3(CCCC3)C2=O)CC1. The first-order chi connectivity index (χ1) is 13.3. The van der Waals surface area contributed by atoms with Crippen molar-refractivity contribution in [3.05, 3.63) is 0 Å². The van der Waals surface area contributed by atoms with Crippen LogP contribution in [0.2, 0.25) is 0 Å². The number of rotatable bonds is 6. The maximum atomic E-state index is 12.6. The van der Waals surface area contributed by atoms with Gasteiger partial charge >= 0.3 is 6.03 Å². The number of imide groups is 1. The van der Waals surface area contributed by atoms with Crippen molar-refractivity contribution in [2.45, 2.75) is 64.3 Å². The zero-order valence-corrected chi connectivity index (χ0v) is 17.0. The Morgan fingerprint density at radius 3 is 2.04 bits per heavy atom. The number of hydrogen-bond donors (Lipinski definition) is 1. The molecular formula is C20H32N4O4. The lowest BCUT2D eigenvalue weighted by molar-refractivity contribution is -0.140. The van der Waals surface area contributed by atoms with E-state index < -0.39 is 5.54 Å². The highest BCUT2D eigenvalue weighted by atomic mass is 16.2. The fourth-order valence-corrected chi connectivity index (χ4v) is 4.34. The van der Waals surface area contributed by atoms with Crippen LogP contribution in [0.4, 0.5) is 4.79 Å². The van der Waals surface area contributed by atoms with E-state index in [1.807, 2.05) is 4.90 Å². The van der Waals surface area contributed by atoms with Crippen LogP contribution in [0.15, 0.2) is 0 Å². The Morgan fingerprint density at radius 2 is 1.50 bits per heavy atom. The van der Waals surface area contributed by atoms with Gasteiger partial charge in [0.2, 0.25) is 11.8 Å². The number of amides is 5. The molecule has 2 aliphatic heterocycles. The Kier molecular flexibility index (Phi) is 6.25. The number of piperazine rings is 1. The molecule has 8 heteroatoms. The number of nitrogens with zero attached hydrogens (tertiary/aromatic N) is 3. The molecule has 8 nitrogen and oxygen atoms in total. The van der Waals surface area contributed by atoms with E-state index in [1.165, 1.54) is 4.90 Å². The lowest BCUT2D eigenvalue weighted by atomic mass is 9.98. The summed E-state index contributed by atoms with van der Waals surface area (Å²) >= 11 is 0. The molecule has 0 radical (unpaired) electrons. The molecule has 28 heavy (non-hydrogen) atoms. The van der Waals surface area contributed by atoms with E-state index in [2.05, 4.69) is 19.2 Å². The fourth-order valence-electron chi connectivity index (χ4n) is 4.34. The van der Waals surface area contributed by atoms with Crippen LogP contribution in [-0.2, 0) is 14.4 Å². The minimum absolute atomic E-state index is 0.0674. The highest BCUT2D eigenvalue weighted by Crippen LogP contribution is 2.35. The van der Waals surface area contributed by atoms with Crippen molar-refractivity contribution in [2.24, 2.45) is 5.92 Å². The van der Waals surface area contributed by atoms with E-state index >= 15 is 0 Å². The molecule has 0 aromatic rings. The topological polar surface area (TPSA) is 90.0 Å². The minimum atomic E-state index is -0.720. The zero-order valence-electron chi connectivity index (χ0n) is 17.0. The maximum Gasteiger partial charge on any atom is 0.325 e. The molecule has 5 amide bonds. The van der Waals surface area contributed by atoms with Crippen LogP contribution in [-0.4, -0.2) is 76.7 Å². The summed E-state index contributed by atoms with van der Waals surface area (Å²) in [6.45, 7) is 6.45. The van der Waals surface area contributed by atoms with Crippen molar-refractivity contribution in [1.29, 1.82) is 0 Å². The predicted octanol–water partition coefficient (Wildman–Crippen LogP) is 1.35. The van der Waals surface area contributed by atoms with Crippen LogP contribution in [0.25, 0.3) is 0 Å². The van der Waals surface area contributed by atoms with E-state index in [1.54, 1.807) is 4.90 Å². The minimum Gasteiger partial charge on any atom is -0.339 e. The second-order valence-electron chi connectivity index (χ2n) is 8.62. The van der Waals surface area contributed by atoms with Gasteiger partial charge in [-0.05, 0) is 25.2 Å². The van der Waals surface area contributed by atoms with Crippen molar-refractivity contribution in [2.75, 3.05) is 32.7 Å². The monoisotopic (exact) mass is 392 g/mol. The van der Waals surface area contributed by atoms with Crippen LogP contribution in [0.1, 0.15) is 58.8 Å². The molecule has 2 heterocycles. The molecule has 1 spiro atoms. The van der Waals surface area contributed by atoms with E-state index in [0.29, 0.717) is 51.4 Å². The molecule has 1 aliphatic carbocycles. The summed E-state index contributed by atoms with van der Waals surface area (Å²) in [5.41, 5.74) is -0.720. The Labute approximate surface area is 166 Å². The van der Waals surface area contributed by atoms with Crippen molar-refractivity contribution in [3.8, 4) is 0 Å². The standard InChI is InChI=1S/C20H32N4O4/c1-15(2)5-6-16(25)22-11-13-23(14-12-22)17(26)7-10-24-18(27)20(21-19(24)28)8-3-4-9-20/h15H,3-14H2,1-2H3,(H,21,28). The van der Waals surface area contributed by atoms with Gasteiger partial charge in [0.25, 0.3) is 5.91 Å². The van der Waals surface area contributed by atoms with Crippen molar-refractivity contribution < 1.29 is 19.2 Å². The summed E-state index contributed by atoms with van der Waals surface area (Å²) in [6, 6.07) is -0.375. The summed E-state index contributed by atoms with van der Waals surface area (Å²) in [5.74, 6) is 0.410.